The molecule has 1 rings (SSSR count). The second kappa shape index (κ2) is 6.31. The highest BCUT2D eigenvalue weighted by molar-refractivity contribution is 6.39. The van der Waals surface area contributed by atoms with Crippen molar-refractivity contribution in [3.63, 3.8) is 0 Å². The summed E-state index contributed by atoms with van der Waals surface area (Å²) in [6.45, 7) is -2.23. The summed E-state index contributed by atoms with van der Waals surface area (Å²) in [5.74, 6) is -0.763. The number of carbonyl (C=O) groups excluding carboxylic acids is 1. The highest BCUT2D eigenvalue weighted by atomic mass is 35.5. The van der Waals surface area contributed by atoms with Gasteiger partial charge in [0.2, 0.25) is 5.91 Å². The Labute approximate surface area is 116 Å². The smallest absolute Gasteiger partial charge is 0.396 e. The third-order valence-electron chi connectivity index (χ3n) is 1.86. The van der Waals surface area contributed by atoms with Crippen LogP contribution in [0.1, 0.15) is 0 Å². The number of nitrogen functional groups attached to an aromatic ring is 1. The van der Waals surface area contributed by atoms with Crippen molar-refractivity contribution in [1.29, 1.82) is 0 Å². The Hall–Kier alpha value is -1.18. The first-order valence-corrected chi connectivity index (χ1v) is 5.63. The molecule has 0 bridgehead atoms. The van der Waals surface area contributed by atoms with Gasteiger partial charge >= 0.3 is 6.18 Å². The van der Waals surface area contributed by atoms with Crippen LogP contribution in [0.15, 0.2) is 12.1 Å². The van der Waals surface area contributed by atoms with Crippen LogP contribution in [0, 0.1) is 0 Å². The number of rotatable bonds is 4. The summed E-state index contributed by atoms with van der Waals surface area (Å²) >= 11 is 11.5. The first-order valence-electron chi connectivity index (χ1n) is 4.88. The number of carbonyl (C=O) groups is 1. The Morgan fingerprint density at radius 2 is 1.84 bits per heavy atom. The Bertz CT molecular complexity index is 457. The minimum absolute atomic E-state index is 0.124. The van der Waals surface area contributed by atoms with Gasteiger partial charge in [-0.2, -0.15) is 13.2 Å². The highest BCUT2D eigenvalue weighted by Crippen LogP contribution is 2.31. The summed E-state index contributed by atoms with van der Waals surface area (Å²) < 4.78 is 39.5. The molecule has 0 saturated carbocycles. The van der Waals surface area contributed by atoms with Crippen LogP contribution < -0.4 is 11.1 Å². The molecule has 0 saturated heterocycles. The lowest BCUT2D eigenvalue weighted by atomic mass is 10.3. The van der Waals surface area contributed by atoms with Gasteiger partial charge in [-0.05, 0) is 12.1 Å². The molecule has 1 aromatic rings. The van der Waals surface area contributed by atoms with Crippen molar-refractivity contribution in [3.8, 4) is 0 Å². The average Bonchev–Trinajstić information content (AvgIpc) is 2.23. The number of hydrogen-bond donors (Lipinski definition) is 2. The number of alkyl halides is 3. The summed E-state index contributed by atoms with van der Waals surface area (Å²) in [5.41, 5.74) is 5.84. The lowest BCUT2D eigenvalue weighted by Crippen LogP contribution is -2.24. The fourth-order valence-corrected chi connectivity index (χ4v) is 1.60. The van der Waals surface area contributed by atoms with Crippen LogP contribution in [-0.4, -0.2) is 25.3 Å². The zero-order chi connectivity index (χ0) is 14.6. The number of hydrogen-bond acceptors (Lipinski definition) is 3. The van der Waals surface area contributed by atoms with Gasteiger partial charge in [0.25, 0.3) is 0 Å². The number of nitrogens with one attached hydrogen (secondary N) is 1. The van der Waals surface area contributed by atoms with Gasteiger partial charge in [0, 0.05) is 5.69 Å². The van der Waals surface area contributed by atoms with Gasteiger partial charge < -0.3 is 15.8 Å². The predicted molar refractivity (Wildman–Crippen MR) is 66.4 cm³/mol. The van der Waals surface area contributed by atoms with Crippen LogP contribution in [0.5, 0.6) is 0 Å². The Kier molecular flexibility index (Phi) is 5.28. The van der Waals surface area contributed by atoms with Crippen molar-refractivity contribution >= 4 is 40.5 Å². The predicted octanol–water partition coefficient (Wildman–Crippen LogP) is 3.09. The molecule has 1 amide bonds. The first-order chi connectivity index (χ1) is 8.69. The number of halogens is 5. The van der Waals surface area contributed by atoms with E-state index < -0.39 is 25.3 Å². The number of benzene rings is 1. The van der Waals surface area contributed by atoms with E-state index in [0.717, 1.165) is 0 Å². The fraction of sp³-hybridized carbons (Fsp3) is 0.300. The van der Waals surface area contributed by atoms with Crippen molar-refractivity contribution in [2.75, 3.05) is 24.3 Å². The van der Waals surface area contributed by atoms with E-state index in [4.69, 9.17) is 28.9 Å². The van der Waals surface area contributed by atoms with E-state index in [-0.39, 0.29) is 21.4 Å². The largest absolute Gasteiger partial charge is 0.411 e. The van der Waals surface area contributed by atoms with Crippen LogP contribution >= 0.6 is 23.2 Å². The SMILES string of the molecule is Nc1c(Cl)cc(NC(=O)COCC(F)(F)F)cc1Cl. The third-order valence-corrected chi connectivity index (χ3v) is 2.49. The van der Waals surface area contributed by atoms with Crippen molar-refractivity contribution < 1.29 is 22.7 Å². The summed E-state index contributed by atoms with van der Waals surface area (Å²) in [5, 5.41) is 2.53. The van der Waals surface area contributed by atoms with Crippen LogP contribution in [0.3, 0.4) is 0 Å². The standard InChI is InChI=1S/C10H9Cl2F3N2O2/c11-6-1-5(2-7(12)9(6)16)17-8(18)3-19-4-10(13,14)15/h1-2H,3-4,16H2,(H,17,18). The van der Waals surface area contributed by atoms with E-state index >= 15 is 0 Å². The Morgan fingerprint density at radius 3 is 2.32 bits per heavy atom. The lowest BCUT2D eigenvalue weighted by molar-refractivity contribution is -0.174. The summed E-state index contributed by atoms with van der Waals surface area (Å²) in [7, 11) is 0. The van der Waals surface area contributed by atoms with Gasteiger partial charge in [0.05, 0.1) is 15.7 Å². The molecule has 0 aromatic heterocycles. The first kappa shape index (κ1) is 15.9. The molecule has 0 fully saturated rings. The molecule has 0 atom stereocenters. The molecule has 4 nitrogen and oxygen atoms in total. The van der Waals surface area contributed by atoms with E-state index in [1.807, 2.05) is 0 Å². The van der Waals surface area contributed by atoms with Gasteiger partial charge in [-0.3, -0.25) is 4.79 Å². The van der Waals surface area contributed by atoms with E-state index in [1.54, 1.807) is 0 Å². The quantitative estimate of drug-likeness (QED) is 0.839. The van der Waals surface area contributed by atoms with E-state index in [2.05, 4.69) is 10.1 Å². The molecule has 0 aliphatic rings. The monoisotopic (exact) mass is 316 g/mol. The van der Waals surface area contributed by atoms with Crippen molar-refractivity contribution in [2.24, 2.45) is 0 Å². The maximum atomic E-state index is 11.8. The normalized spacial score (nSPS) is 11.4. The molecule has 0 aliphatic heterocycles. The van der Waals surface area contributed by atoms with Crippen molar-refractivity contribution in [3.05, 3.63) is 22.2 Å². The van der Waals surface area contributed by atoms with Crippen LogP contribution in [0.2, 0.25) is 10.0 Å². The second-order valence-corrected chi connectivity index (χ2v) is 4.32. The summed E-state index contributed by atoms with van der Waals surface area (Å²) in [4.78, 5) is 11.3. The van der Waals surface area contributed by atoms with Gasteiger partial charge in [0.15, 0.2) is 0 Å². The van der Waals surface area contributed by atoms with Crippen molar-refractivity contribution in [1.82, 2.24) is 0 Å². The average molecular weight is 317 g/mol. The Balaban J connectivity index is 2.53. The molecule has 0 spiro atoms. The van der Waals surface area contributed by atoms with Gasteiger partial charge in [-0.15, -0.1) is 0 Å². The third kappa shape index (κ3) is 5.54. The molecule has 0 radical (unpaired) electrons. The van der Waals surface area contributed by atoms with Crippen LogP contribution in [0.25, 0.3) is 0 Å². The number of anilines is 2. The van der Waals surface area contributed by atoms with Gasteiger partial charge in [-0.1, -0.05) is 23.2 Å². The van der Waals surface area contributed by atoms with Gasteiger partial charge in [-0.25, -0.2) is 0 Å². The Morgan fingerprint density at radius 1 is 1.32 bits per heavy atom. The van der Waals surface area contributed by atoms with Crippen molar-refractivity contribution in [2.45, 2.75) is 6.18 Å². The van der Waals surface area contributed by atoms with Crippen LogP contribution in [0.4, 0.5) is 24.5 Å². The van der Waals surface area contributed by atoms with E-state index in [0.29, 0.717) is 0 Å². The molecule has 106 valence electrons. The molecule has 0 aliphatic carbocycles. The molecule has 0 unspecified atom stereocenters. The van der Waals surface area contributed by atoms with E-state index in [9.17, 15) is 18.0 Å². The number of ether oxygens (including phenoxy) is 1. The maximum Gasteiger partial charge on any atom is 0.411 e. The maximum absolute atomic E-state index is 11.8. The van der Waals surface area contributed by atoms with Gasteiger partial charge in [0.1, 0.15) is 13.2 Å². The molecule has 9 heteroatoms. The molecular formula is C10H9Cl2F3N2O2. The zero-order valence-electron chi connectivity index (χ0n) is 9.35. The van der Waals surface area contributed by atoms with Crippen LogP contribution in [-0.2, 0) is 9.53 Å². The minimum Gasteiger partial charge on any atom is -0.396 e. The molecular weight excluding hydrogens is 308 g/mol. The fourth-order valence-electron chi connectivity index (χ4n) is 1.11. The molecule has 3 N–H and O–H groups in total. The summed E-state index contributed by atoms with van der Waals surface area (Å²) in [6.07, 6.45) is -4.48. The van der Waals surface area contributed by atoms with E-state index in [1.165, 1.54) is 12.1 Å². The molecule has 1 aromatic carbocycles. The summed E-state index contributed by atoms with van der Waals surface area (Å²) in [6, 6.07) is 2.65. The highest BCUT2D eigenvalue weighted by Gasteiger charge is 2.27. The molecule has 19 heavy (non-hydrogen) atoms. The number of nitrogens with two attached hydrogens (primary N) is 1. The number of amides is 1. The lowest BCUT2D eigenvalue weighted by Gasteiger charge is -2.10. The molecule has 0 heterocycles. The zero-order valence-corrected chi connectivity index (χ0v) is 10.9. The minimum atomic E-state index is -4.48. The second-order valence-electron chi connectivity index (χ2n) is 3.51. The topological polar surface area (TPSA) is 64.3 Å².